The average molecular weight is 369 g/mol. The Kier molecular flexibility index (Phi) is 5.32. The van der Waals surface area contributed by atoms with Gasteiger partial charge in [-0.15, -0.1) is 0 Å². The molecule has 0 saturated heterocycles. The molecular formula is C14H15N3O5S2. The number of thiazole rings is 1. The Balaban J connectivity index is 2.13. The second-order valence-corrected chi connectivity index (χ2v) is 7.97. The van der Waals surface area contributed by atoms with E-state index in [9.17, 15) is 18.0 Å². The third kappa shape index (κ3) is 3.78. The molecule has 0 aliphatic heterocycles. The summed E-state index contributed by atoms with van der Waals surface area (Å²) in [6.07, 6.45) is 1.30. The van der Waals surface area contributed by atoms with E-state index in [1.165, 1.54) is 51.7 Å². The SMILES string of the molecule is COC(=O)c1cnc(NC(=O)c2ccc(S(=O)(=O)N(C)C)cc2)s1. The van der Waals surface area contributed by atoms with Crippen molar-refractivity contribution in [1.82, 2.24) is 9.29 Å². The number of hydrogen-bond acceptors (Lipinski definition) is 7. The predicted molar refractivity (Wildman–Crippen MR) is 88.7 cm³/mol. The van der Waals surface area contributed by atoms with Crippen molar-refractivity contribution < 1.29 is 22.7 Å². The van der Waals surface area contributed by atoms with Gasteiger partial charge in [-0.2, -0.15) is 0 Å². The first-order chi connectivity index (χ1) is 11.3. The van der Waals surface area contributed by atoms with Crippen LogP contribution in [0.5, 0.6) is 0 Å². The number of aromatic nitrogens is 1. The van der Waals surface area contributed by atoms with Gasteiger partial charge < -0.3 is 4.74 Å². The zero-order valence-corrected chi connectivity index (χ0v) is 14.8. The van der Waals surface area contributed by atoms with Crippen LogP contribution in [0, 0.1) is 0 Å². The molecular weight excluding hydrogens is 354 g/mol. The van der Waals surface area contributed by atoms with E-state index in [1.807, 2.05) is 0 Å². The molecule has 1 amide bonds. The normalized spacial score (nSPS) is 11.3. The van der Waals surface area contributed by atoms with Crippen LogP contribution in [-0.4, -0.2) is 50.8 Å². The minimum absolute atomic E-state index is 0.0891. The number of esters is 1. The molecule has 0 saturated carbocycles. The summed E-state index contributed by atoms with van der Waals surface area (Å²) in [7, 11) is 0.562. The largest absolute Gasteiger partial charge is 0.465 e. The number of anilines is 1. The predicted octanol–water partition coefficient (Wildman–Crippen LogP) is 1.43. The Morgan fingerprint density at radius 3 is 2.38 bits per heavy atom. The van der Waals surface area contributed by atoms with E-state index in [2.05, 4.69) is 15.0 Å². The van der Waals surface area contributed by atoms with Gasteiger partial charge in [0.2, 0.25) is 10.0 Å². The van der Waals surface area contributed by atoms with Crippen LogP contribution in [0.2, 0.25) is 0 Å². The number of ether oxygens (including phenoxy) is 1. The highest BCUT2D eigenvalue weighted by molar-refractivity contribution is 7.89. The molecule has 1 aromatic carbocycles. The molecule has 8 nitrogen and oxygen atoms in total. The van der Waals surface area contributed by atoms with Gasteiger partial charge in [-0.3, -0.25) is 10.1 Å². The van der Waals surface area contributed by atoms with Crippen LogP contribution in [-0.2, 0) is 14.8 Å². The number of benzene rings is 1. The van der Waals surface area contributed by atoms with Gasteiger partial charge in [0.05, 0.1) is 18.2 Å². The first-order valence-electron chi connectivity index (χ1n) is 6.64. The number of rotatable bonds is 5. The van der Waals surface area contributed by atoms with Crippen LogP contribution in [0.3, 0.4) is 0 Å². The molecule has 0 spiro atoms. The lowest BCUT2D eigenvalue weighted by Gasteiger charge is -2.11. The van der Waals surface area contributed by atoms with Gasteiger partial charge in [-0.1, -0.05) is 11.3 Å². The molecule has 1 N–H and O–H groups in total. The number of nitrogens with one attached hydrogen (secondary N) is 1. The Labute approximate surface area is 143 Å². The summed E-state index contributed by atoms with van der Waals surface area (Å²) in [5.41, 5.74) is 0.266. The number of methoxy groups -OCH3 is 1. The highest BCUT2D eigenvalue weighted by Crippen LogP contribution is 2.20. The first kappa shape index (κ1) is 18.0. The lowest BCUT2D eigenvalue weighted by molar-refractivity contribution is 0.0606. The molecule has 0 bridgehead atoms. The number of sulfonamides is 1. The molecule has 2 rings (SSSR count). The van der Waals surface area contributed by atoms with Crippen molar-refractivity contribution >= 4 is 38.4 Å². The maximum Gasteiger partial charge on any atom is 0.349 e. The van der Waals surface area contributed by atoms with Crippen LogP contribution in [0.25, 0.3) is 0 Å². The van der Waals surface area contributed by atoms with Crippen LogP contribution < -0.4 is 5.32 Å². The van der Waals surface area contributed by atoms with Crippen LogP contribution in [0.4, 0.5) is 5.13 Å². The minimum atomic E-state index is -3.55. The zero-order chi connectivity index (χ0) is 17.9. The average Bonchev–Trinajstić information content (AvgIpc) is 3.02. The second kappa shape index (κ2) is 7.07. The molecule has 0 unspecified atom stereocenters. The summed E-state index contributed by atoms with van der Waals surface area (Å²) in [6.45, 7) is 0. The summed E-state index contributed by atoms with van der Waals surface area (Å²) in [6, 6.07) is 5.51. The Morgan fingerprint density at radius 1 is 1.21 bits per heavy atom. The van der Waals surface area contributed by atoms with Crippen molar-refractivity contribution in [3.63, 3.8) is 0 Å². The number of amides is 1. The summed E-state index contributed by atoms with van der Waals surface area (Å²) in [5.74, 6) is -0.999. The summed E-state index contributed by atoms with van der Waals surface area (Å²) >= 11 is 0.980. The van der Waals surface area contributed by atoms with Gasteiger partial charge >= 0.3 is 5.97 Å². The van der Waals surface area contributed by atoms with Crippen LogP contribution in [0.1, 0.15) is 20.0 Å². The Bertz CT molecular complexity index is 857. The number of carbonyl (C=O) groups is 2. The van der Waals surface area contributed by atoms with Crippen molar-refractivity contribution in [2.75, 3.05) is 26.5 Å². The molecule has 0 fully saturated rings. The van der Waals surface area contributed by atoms with E-state index in [-0.39, 0.29) is 20.5 Å². The monoisotopic (exact) mass is 369 g/mol. The lowest BCUT2D eigenvalue weighted by Crippen LogP contribution is -2.22. The van der Waals surface area contributed by atoms with Crippen molar-refractivity contribution in [3.8, 4) is 0 Å². The maximum absolute atomic E-state index is 12.1. The highest BCUT2D eigenvalue weighted by Gasteiger charge is 2.18. The Hall–Kier alpha value is -2.30. The van der Waals surface area contributed by atoms with Gasteiger partial charge in [0.25, 0.3) is 5.91 Å². The van der Waals surface area contributed by atoms with E-state index >= 15 is 0 Å². The molecule has 0 atom stereocenters. The van der Waals surface area contributed by atoms with Crippen molar-refractivity contribution in [2.45, 2.75) is 4.90 Å². The van der Waals surface area contributed by atoms with Gasteiger partial charge in [0.1, 0.15) is 4.88 Å². The molecule has 10 heteroatoms. The minimum Gasteiger partial charge on any atom is -0.465 e. The molecule has 2 aromatic rings. The molecule has 128 valence electrons. The fourth-order valence-electron chi connectivity index (χ4n) is 1.69. The number of carbonyl (C=O) groups excluding carboxylic acids is 2. The van der Waals surface area contributed by atoms with E-state index < -0.39 is 21.9 Å². The lowest BCUT2D eigenvalue weighted by atomic mass is 10.2. The zero-order valence-electron chi connectivity index (χ0n) is 13.1. The first-order valence-corrected chi connectivity index (χ1v) is 8.89. The summed E-state index contributed by atoms with van der Waals surface area (Å²) in [4.78, 5) is 27.7. The molecule has 1 heterocycles. The second-order valence-electron chi connectivity index (χ2n) is 4.79. The number of hydrogen-bond donors (Lipinski definition) is 1. The number of nitrogens with zero attached hydrogens (tertiary/aromatic N) is 2. The van der Waals surface area contributed by atoms with E-state index in [0.717, 1.165) is 15.6 Å². The highest BCUT2D eigenvalue weighted by atomic mass is 32.2. The summed E-state index contributed by atoms with van der Waals surface area (Å²) in [5, 5.41) is 2.78. The molecule has 0 aliphatic rings. The van der Waals surface area contributed by atoms with Crippen LogP contribution >= 0.6 is 11.3 Å². The van der Waals surface area contributed by atoms with Crippen molar-refractivity contribution in [3.05, 3.63) is 40.9 Å². The van der Waals surface area contributed by atoms with Gasteiger partial charge in [0, 0.05) is 19.7 Å². The van der Waals surface area contributed by atoms with E-state index in [0.29, 0.717) is 0 Å². The van der Waals surface area contributed by atoms with Crippen molar-refractivity contribution in [2.24, 2.45) is 0 Å². The topological polar surface area (TPSA) is 106 Å². The third-order valence-electron chi connectivity index (χ3n) is 3.01. The fourth-order valence-corrected chi connectivity index (χ4v) is 3.32. The van der Waals surface area contributed by atoms with Crippen LogP contribution in [0.15, 0.2) is 35.4 Å². The maximum atomic E-state index is 12.1. The molecule has 1 aromatic heterocycles. The van der Waals surface area contributed by atoms with Gasteiger partial charge in [0.15, 0.2) is 5.13 Å². The van der Waals surface area contributed by atoms with Gasteiger partial charge in [-0.25, -0.2) is 22.5 Å². The van der Waals surface area contributed by atoms with Gasteiger partial charge in [-0.05, 0) is 24.3 Å². The third-order valence-corrected chi connectivity index (χ3v) is 5.73. The standard InChI is InChI=1S/C14H15N3O5S2/c1-17(2)24(20,21)10-6-4-9(5-7-10)12(18)16-14-15-8-11(23-14)13(19)22-3/h4-8H,1-3H3,(H,15,16,18). The fraction of sp³-hybridized carbons (Fsp3) is 0.214. The molecule has 0 aliphatic carbocycles. The quantitative estimate of drug-likeness (QED) is 0.799. The van der Waals surface area contributed by atoms with E-state index in [4.69, 9.17) is 0 Å². The van der Waals surface area contributed by atoms with E-state index in [1.54, 1.807) is 0 Å². The molecule has 0 radical (unpaired) electrons. The van der Waals surface area contributed by atoms with Crippen molar-refractivity contribution in [1.29, 1.82) is 0 Å². The summed E-state index contributed by atoms with van der Waals surface area (Å²) < 4.78 is 29.6. The smallest absolute Gasteiger partial charge is 0.349 e. The molecule has 24 heavy (non-hydrogen) atoms. The Morgan fingerprint density at radius 2 is 1.83 bits per heavy atom.